The third-order valence-electron chi connectivity index (χ3n) is 5.55. The first kappa shape index (κ1) is 16.2. The van der Waals surface area contributed by atoms with Crippen LogP contribution in [0.5, 0.6) is 0 Å². The predicted octanol–water partition coefficient (Wildman–Crippen LogP) is 3.08. The Morgan fingerprint density at radius 2 is 1.92 bits per heavy atom. The van der Waals surface area contributed by atoms with E-state index in [2.05, 4.69) is 40.7 Å². The van der Waals surface area contributed by atoms with Crippen LogP contribution in [0.3, 0.4) is 0 Å². The first-order valence-corrected chi connectivity index (χ1v) is 9.24. The summed E-state index contributed by atoms with van der Waals surface area (Å²) in [5.74, 6) is 0.476. The molecule has 0 unspecified atom stereocenters. The summed E-state index contributed by atoms with van der Waals surface area (Å²) in [6.07, 6.45) is 7.08. The van der Waals surface area contributed by atoms with E-state index in [9.17, 15) is 4.79 Å². The molecule has 2 amide bonds. The Kier molecular flexibility index (Phi) is 4.24. The van der Waals surface area contributed by atoms with Crippen LogP contribution in [0.4, 0.5) is 4.79 Å². The van der Waals surface area contributed by atoms with Gasteiger partial charge < -0.3 is 10.2 Å². The van der Waals surface area contributed by atoms with Crippen LogP contribution in [-0.2, 0) is 13.5 Å². The molecule has 2 fully saturated rings. The van der Waals surface area contributed by atoms with Crippen molar-refractivity contribution in [1.29, 1.82) is 0 Å². The van der Waals surface area contributed by atoms with Crippen LogP contribution in [0.2, 0.25) is 0 Å². The van der Waals surface area contributed by atoms with E-state index in [0.29, 0.717) is 5.92 Å². The van der Waals surface area contributed by atoms with Crippen LogP contribution < -0.4 is 5.32 Å². The number of benzene rings is 1. The number of hydrogen-bond donors (Lipinski definition) is 1. The zero-order valence-corrected chi connectivity index (χ0v) is 14.8. The van der Waals surface area contributed by atoms with Crippen LogP contribution in [0, 0.1) is 0 Å². The number of carbonyl (C=O) groups excluding carboxylic acids is 1. The summed E-state index contributed by atoms with van der Waals surface area (Å²) in [6.45, 7) is 1.63. The Balaban J connectivity index is 1.30. The Morgan fingerprint density at radius 3 is 2.52 bits per heavy atom. The maximum absolute atomic E-state index is 12.7. The molecule has 0 radical (unpaired) electrons. The smallest absolute Gasteiger partial charge is 0.317 e. The van der Waals surface area contributed by atoms with Gasteiger partial charge in [0.05, 0.1) is 5.69 Å². The van der Waals surface area contributed by atoms with E-state index in [4.69, 9.17) is 0 Å². The van der Waals surface area contributed by atoms with E-state index in [1.165, 1.54) is 5.56 Å². The van der Waals surface area contributed by atoms with Crippen molar-refractivity contribution in [2.24, 2.45) is 7.05 Å². The molecule has 1 aliphatic heterocycles. The molecule has 0 atom stereocenters. The molecule has 2 aromatic rings. The van der Waals surface area contributed by atoms with Crippen molar-refractivity contribution < 1.29 is 4.79 Å². The van der Waals surface area contributed by atoms with Gasteiger partial charge >= 0.3 is 6.03 Å². The fourth-order valence-electron chi connectivity index (χ4n) is 3.82. The highest BCUT2D eigenvalue weighted by Gasteiger charge is 2.44. The molecule has 2 aliphatic rings. The molecule has 132 valence electrons. The Hall–Kier alpha value is -2.30. The summed E-state index contributed by atoms with van der Waals surface area (Å²) < 4.78 is 1.86. The molecule has 1 saturated carbocycles. The molecule has 0 spiro atoms. The number of amides is 2. The van der Waals surface area contributed by atoms with Gasteiger partial charge in [-0.25, -0.2) is 4.79 Å². The number of nitrogens with one attached hydrogen (secondary N) is 1. The highest BCUT2D eigenvalue weighted by molar-refractivity contribution is 5.75. The number of urea groups is 1. The van der Waals surface area contributed by atoms with Crippen molar-refractivity contribution in [3.63, 3.8) is 0 Å². The molecule has 4 rings (SSSR count). The Bertz CT molecular complexity index is 727. The minimum absolute atomic E-state index is 0.0176. The van der Waals surface area contributed by atoms with Gasteiger partial charge in [0.15, 0.2) is 0 Å². The van der Waals surface area contributed by atoms with Crippen molar-refractivity contribution in [1.82, 2.24) is 20.0 Å². The SMILES string of the molecule is Cn1ccc(C2CCN(C(=O)NC3(Cc4ccccc4)CC3)CC2)n1. The molecule has 5 nitrogen and oxygen atoms in total. The predicted molar refractivity (Wildman–Crippen MR) is 97.4 cm³/mol. The lowest BCUT2D eigenvalue weighted by atomic mass is 9.94. The fourth-order valence-corrected chi connectivity index (χ4v) is 3.82. The fraction of sp³-hybridized carbons (Fsp3) is 0.500. The van der Waals surface area contributed by atoms with Gasteiger partial charge in [-0.05, 0) is 43.7 Å². The van der Waals surface area contributed by atoms with E-state index < -0.39 is 0 Å². The molecule has 1 aliphatic carbocycles. The Morgan fingerprint density at radius 1 is 1.20 bits per heavy atom. The number of aromatic nitrogens is 2. The summed E-state index contributed by atoms with van der Waals surface area (Å²) in [4.78, 5) is 14.7. The van der Waals surface area contributed by atoms with Gasteiger partial charge in [0, 0.05) is 37.8 Å². The van der Waals surface area contributed by atoms with Gasteiger partial charge in [-0.15, -0.1) is 0 Å². The second-order valence-corrected chi connectivity index (χ2v) is 7.55. The lowest BCUT2D eigenvalue weighted by Gasteiger charge is -2.33. The summed E-state index contributed by atoms with van der Waals surface area (Å²) in [6, 6.07) is 12.7. The van der Waals surface area contributed by atoms with Crippen LogP contribution in [0.25, 0.3) is 0 Å². The van der Waals surface area contributed by atoms with Crippen LogP contribution >= 0.6 is 0 Å². The van der Waals surface area contributed by atoms with E-state index in [1.54, 1.807) is 0 Å². The quantitative estimate of drug-likeness (QED) is 0.931. The molecule has 2 heterocycles. The Labute approximate surface area is 149 Å². The maximum Gasteiger partial charge on any atom is 0.317 e. The molecule has 5 heteroatoms. The van der Waals surface area contributed by atoms with Crippen molar-refractivity contribution >= 4 is 6.03 Å². The van der Waals surface area contributed by atoms with E-state index in [0.717, 1.165) is 50.9 Å². The molecular formula is C20H26N4O. The van der Waals surface area contributed by atoms with Crippen molar-refractivity contribution in [2.75, 3.05) is 13.1 Å². The largest absolute Gasteiger partial charge is 0.332 e. The number of aryl methyl sites for hydroxylation is 1. The maximum atomic E-state index is 12.7. The number of hydrogen-bond acceptors (Lipinski definition) is 2. The number of carbonyl (C=O) groups is 1. The first-order valence-electron chi connectivity index (χ1n) is 9.24. The lowest BCUT2D eigenvalue weighted by Crippen LogP contribution is -2.49. The van der Waals surface area contributed by atoms with Gasteiger partial charge in [-0.1, -0.05) is 30.3 Å². The monoisotopic (exact) mass is 338 g/mol. The van der Waals surface area contributed by atoms with Crippen LogP contribution in [0.1, 0.15) is 42.9 Å². The number of nitrogens with zero attached hydrogens (tertiary/aromatic N) is 3. The minimum Gasteiger partial charge on any atom is -0.332 e. The topological polar surface area (TPSA) is 50.2 Å². The second kappa shape index (κ2) is 6.54. The molecule has 25 heavy (non-hydrogen) atoms. The van der Waals surface area contributed by atoms with Crippen LogP contribution in [-0.4, -0.2) is 39.3 Å². The summed E-state index contributed by atoms with van der Waals surface area (Å²) in [5, 5.41) is 7.83. The normalized spacial score (nSPS) is 19.6. The van der Waals surface area contributed by atoms with Crippen molar-refractivity contribution in [3.05, 3.63) is 53.9 Å². The molecular weight excluding hydrogens is 312 g/mol. The molecule has 1 N–H and O–H groups in total. The van der Waals surface area contributed by atoms with Gasteiger partial charge in [0.2, 0.25) is 0 Å². The zero-order chi connectivity index (χ0) is 17.3. The third-order valence-corrected chi connectivity index (χ3v) is 5.55. The minimum atomic E-state index is -0.0176. The molecule has 1 saturated heterocycles. The lowest BCUT2D eigenvalue weighted by molar-refractivity contribution is 0.175. The van der Waals surface area contributed by atoms with Crippen molar-refractivity contribution in [2.45, 2.75) is 43.6 Å². The zero-order valence-electron chi connectivity index (χ0n) is 14.8. The second-order valence-electron chi connectivity index (χ2n) is 7.55. The molecule has 1 aromatic carbocycles. The van der Waals surface area contributed by atoms with Gasteiger partial charge in [0.1, 0.15) is 0 Å². The molecule has 0 bridgehead atoms. The average Bonchev–Trinajstić information content (AvgIpc) is 3.23. The van der Waals surface area contributed by atoms with Crippen molar-refractivity contribution in [3.8, 4) is 0 Å². The third kappa shape index (κ3) is 3.70. The molecule has 1 aromatic heterocycles. The first-order chi connectivity index (χ1) is 12.1. The van der Waals surface area contributed by atoms with Gasteiger partial charge in [-0.2, -0.15) is 5.10 Å². The van der Waals surface area contributed by atoms with Gasteiger partial charge in [0.25, 0.3) is 0 Å². The van der Waals surface area contributed by atoms with Gasteiger partial charge in [-0.3, -0.25) is 4.68 Å². The number of likely N-dealkylation sites (tertiary alicyclic amines) is 1. The average molecular weight is 338 g/mol. The van der Waals surface area contributed by atoms with Crippen LogP contribution in [0.15, 0.2) is 42.6 Å². The summed E-state index contributed by atoms with van der Waals surface area (Å²) >= 11 is 0. The van der Waals surface area contributed by atoms with E-state index in [1.807, 2.05) is 28.9 Å². The highest BCUT2D eigenvalue weighted by Crippen LogP contribution is 2.39. The summed E-state index contributed by atoms with van der Waals surface area (Å²) in [7, 11) is 1.95. The number of piperidine rings is 1. The number of rotatable bonds is 4. The van der Waals surface area contributed by atoms with E-state index >= 15 is 0 Å². The van der Waals surface area contributed by atoms with E-state index in [-0.39, 0.29) is 11.6 Å². The standard InChI is InChI=1S/C20H26N4O/c1-23-12-9-18(22-23)17-7-13-24(14-8-17)19(25)21-20(10-11-20)15-16-5-3-2-4-6-16/h2-6,9,12,17H,7-8,10-11,13-15H2,1H3,(H,21,25). The highest BCUT2D eigenvalue weighted by atomic mass is 16.2. The summed E-state index contributed by atoms with van der Waals surface area (Å²) in [5.41, 5.74) is 2.44.